The highest BCUT2D eigenvalue weighted by molar-refractivity contribution is 6.01. The van der Waals surface area contributed by atoms with E-state index in [9.17, 15) is 24.5 Å². The van der Waals surface area contributed by atoms with Crippen LogP contribution in [0, 0.1) is 10.1 Å². The molecule has 1 saturated heterocycles. The number of hydrogen-bond acceptors (Lipinski definition) is 6. The molecule has 3 atom stereocenters. The van der Waals surface area contributed by atoms with E-state index in [1.54, 1.807) is 29.2 Å². The maximum Gasteiger partial charge on any atom is 0.271 e. The van der Waals surface area contributed by atoms with E-state index in [0.29, 0.717) is 11.3 Å². The lowest BCUT2D eigenvalue weighted by atomic mass is 9.84. The van der Waals surface area contributed by atoms with Crippen LogP contribution >= 0.6 is 0 Å². The summed E-state index contributed by atoms with van der Waals surface area (Å²) in [4.78, 5) is 51.5. The normalized spacial score (nSPS) is 21.7. The van der Waals surface area contributed by atoms with Gasteiger partial charge < -0.3 is 20.3 Å². The fourth-order valence-corrected chi connectivity index (χ4v) is 4.70. The molecule has 1 saturated carbocycles. The van der Waals surface area contributed by atoms with Gasteiger partial charge in [0.2, 0.25) is 11.8 Å². The number of amides is 3. The summed E-state index contributed by atoms with van der Waals surface area (Å²) in [6.07, 6.45) is 3.13. The number of nitrogens with one attached hydrogen (secondary N) is 2. The van der Waals surface area contributed by atoms with Crippen LogP contribution in [-0.4, -0.2) is 52.8 Å². The van der Waals surface area contributed by atoms with Gasteiger partial charge >= 0.3 is 0 Å². The number of non-ortho nitro benzene ring substituents is 1. The Kier molecular flexibility index (Phi) is 6.76. The number of anilines is 1. The second-order valence-electron chi connectivity index (χ2n) is 8.48. The molecule has 0 bridgehead atoms. The smallest absolute Gasteiger partial charge is 0.271 e. The van der Waals surface area contributed by atoms with E-state index in [1.807, 2.05) is 0 Å². The van der Waals surface area contributed by atoms with E-state index in [-0.39, 0.29) is 41.7 Å². The Hall–Kier alpha value is -3.95. The van der Waals surface area contributed by atoms with Gasteiger partial charge in [-0.15, -0.1) is 0 Å². The quantitative estimate of drug-likeness (QED) is 0.497. The maximum atomic E-state index is 13.6. The SMILES string of the molecule is COc1ccc(C(=O)N2[C@@H]3CCCC[C@@H]3NC(=O)[C@@H]2CC(=O)Nc2cccc([N+](=O)[O-])c2)cc1. The Balaban J connectivity index is 1.58. The molecule has 10 nitrogen and oxygen atoms in total. The number of nitro groups is 1. The summed E-state index contributed by atoms with van der Waals surface area (Å²) in [5, 5.41) is 16.6. The van der Waals surface area contributed by atoms with Crippen LogP contribution in [-0.2, 0) is 9.59 Å². The van der Waals surface area contributed by atoms with Crippen LogP contribution in [0.25, 0.3) is 0 Å². The molecule has 2 aromatic carbocycles. The number of carbonyl (C=O) groups excluding carboxylic acids is 3. The third kappa shape index (κ3) is 4.85. The molecular formula is C24H26N4O6. The average Bonchev–Trinajstić information content (AvgIpc) is 2.84. The first-order valence-corrected chi connectivity index (χ1v) is 11.2. The number of carbonyl (C=O) groups is 3. The summed E-state index contributed by atoms with van der Waals surface area (Å²) in [6.45, 7) is 0. The number of nitro benzene ring substituents is 1. The van der Waals surface area contributed by atoms with Gasteiger partial charge in [-0.05, 0) is 43.2 Å². The lowest BCUT2D eigenvalue weighted by Gasteiger charge is -2.48. The molecular weight excluding hydrogens is 440 g/mol. The number of benzene rings is 2. The molecule has 1 heterocycles. The molecule has 3 amide bonds. The lowest BCUT2D eigenvalue weighted by Crippen LogP contribution is -2.68. The van der Waals surface area contributed by atoms with E-state index in [2.05, 4.69) is 10.6 Å². The van der Waals surface area contributed by atoms with Crippen molar-refractivity contribution < 1.29 is 24.0 Å². The van der Waals surface area contributed by atoms with Gasteiger partial charge in [-0.2, -0.15) is 0 Å². The molecule has 1 aliphatic carbocycles. The highest BCUT2D eigenvalue weighted by Gasteiger charge is 2.46. The van der Waals surface area contributed by atoms with Gasteiger partial charge in [0.15, 0.2) is 0 Å². The van der Waals surface area contributed by atoms with Crippen molar-refractivity contribution in [1.29, 1.82) is 0 Å². The van der Waals surface area contributed by atoms with Crippen LogP contribution in [0.4, 0.5) is 11.4 Å². The van der Waals surface area contributed by atoms with Gasteiger partial charge in [0, 0.05) is 29.4 Å². The number of piperazine rings is 1. The van der Waals surface area contributed by atoms with Crippen molar-refractivity contribution in [3.05, 3.63) is 64.2 Å². The Labute approximate surface area is 196 Å². The number of hydrogen-bond donors (Lipinski definition) is 2. The minimum Gasteiger partial charge on any atom is -0.497 e. The number of methoxy groups -OCH3 is 1. The predicted octanol–water partition coefficient (Wildman–Crippen LogP) is 2.88. The van der Waals surface area contributed by atoms with Crippen LogP contribution in [0.15, 0.2) is 48.5 Å². The second kappa shape index (κ2) is 9.90. The number of rotatable bonds is 6. The average molecular weight is 466 g/mol. The Morgan fingerprint density at radius 2 is 1.91 bits per heavy atom. The maximum absolute atomic E-state index is 13.6. The molecule has 2 N–H and O–H groups in total. The minimum atomic E-state index is -0.993. The van der Waals surface area contributed by atoms with Gasteiger partial charge in [0.05, 0.1) is 24.5 Å². The fraction of sp³-hybridized carbons (Fsp3) is 0.375. The monoisotopic (exact) mass is 466 g/mol. The van der Waals surface area contributed by atoms with Gasteiger partial charge in [-0.3, -0.25) is 24.5 Å². The molecule has 0 unspecified atom stereocenters. The second-order valence-corrected chi connectivity index (χ2v) is 8.48. The highest BCUT2D eigenvalue weighted by Crippen LogP contribution is 2.31. The fourth-order valence-electron chi connectivity index (χ4n) is 4.70. The molecule has 1 aliphatic heterocycles. The van der Waals surface area contributed by atoms with E-state index >= 15 is 0 Å². The summed E-state index contributed by atoms with van der Waals surface area (Å²) in [5.41, 5.74) is 0.498. The molecule has 0 radical (unpaired) electrons. The Morgan fingerprint density at radius 1 is 1.18 bits per heavy atom. The first-order valence-electron chi connectivity index (χ1n) is 11.2. The standard InChI is InChI=1S/C24H26N4O6/c1-34-18-11-9-15(10-12-18)24(31)27-20-8-3-2-7-19(20)26-23(30)21(27)14-22(29)25-16-5-4-6-17(13-16)28(32)33/h4-6,9-13,19-21H,2-3,7-8,14H2,1H3,(H,25,29)(H,26,30)/t19-,20+,21-/m0/s1. The number of ether oxygens (including phenoxy) is 1. The molecule has 0 aromatic heterocycles. The largest absolute Gasteiger partial charge is 0.497 e. The van der Waals surface area contributed by atoms with Gasteiger partial charge in [0.25, 0.3) is 11.6 Å². The summed E-state index contributed by atoms with van der Waals surface area (Å²) >= 11 is 0. The van der Waals surface area contributed by atoms with Crippen LogP contribution in [0.1, 0.15) is 42.5 Å². The zero-order chi connectivity index (χ0) is 24.2. The summed E-state index contributed by atoms with van der Waals surface area (Å²) < 4.78 is 5.17. The number of fused-ring (bicyclic) bond motifs is 1. The first kappa shape index (κ1) is 23.2. The molecule has 4 rings (SSSR count). The van der Waals surface area contributed by atoms with Gasteiger partial charge in [0.1, 0.15) is 11.8 Å². The topological polar surface area (TPSA) is 131 Å². The molecule has 178 valence electrons. The minimum absolute atomic E-state index is 0.153. The van der Waals surface area contributed by atoms with E-state index < -0.39 is 16.9 Å². The molecule has 34 heavy (non-hydrogen) atoms. The van der Waals surface area contributed by atoms with Crippen LogP contribution in [0.2, 0.25) is 0 Å². The predicted molar refractivity (Wildman–Crippen MR) is 123 cm³/mol. The Morgan fingerprint density at radius 3 is 2.62 bits per heavy atom. The van der Waals surface area contributed by atoms with Crippen LogP contribution < -0.4 is 15.4 Å². The molecule has 2 aliphatic rings. The highest BCUT2D eigenvalue weighted by atomic mass is 16.6. The van der Waals surface area contributed by atoms with Crippen molar-refractivity contribution in [2.24, 2.45) is 0 Å². The van der Waals surface area contributed by atoms with Gasteiger partial charge in [-0.1, -0.05) is 18.9 Å². The summed E-state index contributed by atoms with van der Waals surface area (Å²) in [5.74, 6) is -0.597. The molecule has 10 heteroatoms. The molecule has 2 aromatic rings. The van der Waals surface area contributed by atoms with E-state index in [1.165, 1.54) is 31.4 Å². The van der Waals surface area contributed by atoms with Crippen molar-refractivity contribution in [3.63, 3.8) is 0 Å². The third-order valence-electron chi connectivity index (χ3n) is 6.34. The molecule has 0 spiro atoms. The van der Waals surface area contributed by atoms with Gasteiger partial charge in [-0.25, -0.2) is 0 Å². The zero-order valence-electron chi connectivity index (χ0n) is 18.7. The van der Waals surface area contributed by atoms with Crippen molar-refractivity contribution in [3.8, 4) is 5.75 Å². The van der Waals surface area contributed by atoms with E-state index in [0.717, 1.165) is 25.7 Å². The lowest BCUT2D eigenvalue weighted by molar-refractivity contribution is -0.384. The first-order chi connectivity index (χ1) is 16.4. The number of nitrogens with zero attached hydrogens (tertiary/aromatic N) is 2. The van der Waals surface area contributed by atoms with Crippen LogP contribution in [0.3, 0.4) is 0 Å². The van der Waals surface area contributed by atoms with Crippen molar-refractivity contribution in [2.45, 2.75) is 50.2 Å². The van der Waals surface area contributed by atoms with Crippen molar-refractivity contribution in [1.82, 2.24) is 10.2 Å². The molecule has 2 fully saturated rings. The summed E-state index contributed by atoms with van der Waals surface area (Å²) in [7, 11) is 1.54. The Bertz CT molecular complexity index is 1100. The third-order valence-corrected chi connectivity index (χ3v) is 6.34. The summed E-state index contributed by atoms with van der Waals surface area (Å²) in [6, 6.07) is 10.9. The van der Waals surface area contributed by atoms with E-state index in [4.69, 9.17) is 4.74 Å². The van der Waals surface area contributed by atoms with Crippen molar-refractivity contribution in [2.75, 3.05) is 12.4 Å². The van der Waals surface area contributed by atoms with Crippen LogP contribution in [0.5, 0.6) is 5.75 Å². The van der Waals surface area contributed by atoms with Crippen molar-refractivity contribution >= 4 is 29.1 Å². The zero-order valence-corrected chi connectivity index (χ0v) is 18.7.